The maximum absolute atomic E-state index is 12.9. The molecule has 2 heterocycles. The molecule has 6 heteroatoms. The van der Waals surface area contributed by atoms with Crippen LogP contribution in [-0.4, -0.2) is 53.3 Å². The second-order valence-corrected chi connectivity index (χ2v) is 6.98. The first-order valence-corrected chi connectivity index (χ1v) is 8.80. The van der Waals surface area contributed by atoms with Gasteiger partial charge in [-0.3, -0.25) is 14.5 Å². The molecule has 0 aliphatic carbocycles. The first-order valence-electron chi connectivity index (χ1n) is 8.80. The molecule has 3 N–H and O–H groups in total. The number of fused-ring (bicyclic) bond motifs is 1. The van der Waals surface area contributed by atoms with E-state index in [0.717, 1.165) is 36.0 Å². The number of carbonyl (C=O) groups is 2. The number of hydrogen-bond acceptors (Lipinski definition) is 3. The Labute approximate surface area is 148 Å². The summed E-state index contributed by atoms with van der Waals surface area (Å²) in [5.41, 5.74) is 7.39. The molecular weight excluding hydrogens is 316 g/mol. The van der Waals surface area contributed by atoms with E-state index >= 15 is 0 Å². The molecule has 2 aromatic rings. The van der Waals surface area contributed by atoms with Crippen LogP contribution in [0.1, 0.15) is 31.5 Å². The van der Waals surface area contributed by atoms with Crippen LogP contribution in [0.2, 0.25) is 0 Å². The van der Waals surface area contributed by atoms with E-state index in [9.17, 15) is 9.59 Å². The van der Waals surface area contributed by atoms with Gasteiger partial charge in [0.25, 0.3) is 0 Å². The second-order valence-electron chi connectivity index (χ2n) is 6.98. The van der Waals surface area contributed by atoms with Crippen LogP contribution in [0.3, 0.4) is 0 Å². The number of piperidine rings is 1. The van der Waals surface area contributed by atoms with Crippen LogP contribution in [0.25, 0.3) is 10.9 Å². The lowest BCUT2D eigenvalue weighted by atomic mass is 9.96. The quantitative estimate of drug-likeness (QED) is 0.870. The van der Waals surface area contributed by atoms with Crippen LogP contribution < -0.4 is 5.73 Å². The molecule has 1 aromatic carbocycles. The lowest BCUT2D eigenvalue weighted by Gasteiger charge is -2.35. The Bertz CT molecular complexity index is 737. The predicted octanol–water partition coefficient (Wildman–Crippen LogP) is 1.88. The Morgan fingerprint density at radius 2 is 2.16 bits per heavy atom. The van der Waals surface area contributed by atoms with Crippen molar-refractivity contribution >= 4 is 22.7 Å². The minimum Gasteiger partial charge on any atom is -0.369 e. The zero-order valence-corrected chi connectivity index (χ0v) is 14.9. The number of benzene rings is 1. The number of hydrogen-bond donors (Lipinski definition) is 2. The summed E-state index contributed by atoms with van der Waals surface area (Å²) in [6.07, 6.45) is 1.77. The van der Waals surface area contributed by atoms with E-state index in [1.54, 1.807) is 0 Å². The third kappa shape index (κ3) is 3.85. The summed E-state index contributed by atoms with van der Waals surface area (Å²) < 4.78 is 0. The molecule has 0 radical (unpaired) electrons. The first kappa shape index (κ1) is 17.5. The second kappa shape index (κ2) is 7.27. The van der Waals surface area contributed by atoms with Gasteiger partial charge in [-0.25, -0.2) is 0 Å². The molecule has 2 amide bonds. The number of rotatable bonds is 5. The minimum atomic E-state index is -0.340. The Morgan fingerprint density at radius 3 is 2.88 bits per heavy atom. The number of nitrogens with one attached hydrogen (secondary N) is 1. The largest absolute Gasteiger partial charge is 0.369 e. The molecule has 1 aliphatic heterocycles. The number of likely N-dealkylation sites (tertiary alicyclic amines) is 1. The van der Waals surface area contributed by atoms with Crippen molar-refractivity contribution in [2.45, 2.75) is 25.8 Å². The average molecular weight is 342 g/mol. The average Bonchev–Trinajstić information content (AvgIpc) is 3.03. The Balaban J connectivity index is 1.69. The van der Waals surface area contributed by atoms with Crippen LogP contribution in [0.4, 0.5) is 0 Å². The third-order valence-electron chi connectivity index (χ3n) is 5.16. The van der Waals surface area contributed by atoms with Gasteiger partial charge < -0.3 is 15.6 Å². The van der Waals surface area contributed by atoms with Gasteiger partial charge in [-0.15, -0.1) is 0 Å². The van der Waals surface area contributed by atoms with Crippen molar-refractivity contribution in [2.75, 3.05) is 26.7 Å². The number of amides is 2. The third-order valence-corrected chi connectivity index (χ3v) is 5.16. The monoisotopic (exact) mass is 342 g/mol. The normalized spacial score (nSPS) is 19.7. The molecule has 1 aromatic heterocycles. The number of nitrogens with two attached hydrogens (primary N) is 1. The Morgan fingerprint density at radius 1 is 1.40 bits per heavy atom. The molecule has 2 unspecified atom stereocenters. The zero-order chi connectivity index (χ0) is 18.0. The topological polar surface area (TPSA) is 82.4 Å². The fourth-order valence-corrected chi connectivity index (χ4v) is 3.63. The highest BCUT2D eigenvalue weighted by molar-refractivity contribution is 5.82. The van der Waals surface area contributed by atoms with E-state index in [0.29, 0.717) is 6.54 Å². The Hall–Kier alpha value is -2.34. The molecule has 1 saturated heterocycles. The molecule has 2 atom stereocenters. The van der Waals surface area contributed by atoms with Gasteiger partial charge in [-0.1, -0.05) is 18.2 Å². The number of para-hydroxylation sites is 1. The van der Waals surface area contributed by atoms with Crippen molar-refractivity contribution in [1.82, 2.24) is 14.8 Å². The summed E-state index contributed by atoms with van der Waals surface area (Å²) in [5, 5.41) is 1.15. The molecule has 1 fully saturated rings. The number of nitrogens with zero attached hydrogens (tertiary/aromatic N) is 2. The van der Waals surface area contributed by atoms with E-state index in [-0.39, 0.29) is 30.3 Å². The zero-order valence-electron chi connectivity index (χ0n) is 14.9. The van der Waals surface area contributed by atoms with Crippen LogP contribution in [0.5, 0.6) is 0 Å². The van der Waals surface area contributed by atoms with Crippen molar-refractivity contribution in [3.63, 3.8) is 0 Å². The van der Waals surface area contributed by atoms with Crippen molar-refractivity contribution in [2.24, 2.45) is 11.7 Å². The predicted molar refractivity (Wildman–Crippen MR) is 97.8 cm³/mol. The molecular formula is C19H26N4O2. The molecule has 0 bridgehead atoms. The van der Waals surface area contributed by atoms with Gasteiger partial charge in [-0.05, 0) is 43.8 Å². The molecule has 25 heavy (non-hydrogen) atoms. The maximum Gasteiger partial charge on any atom is 0.231 e. The highest BCUT2D eigenvalue weighted by Crippen LogP contribution is 2.26. The fourth-order valence-electron chi connectivity index (χ4n) is 3.63. The summed E-state index contributed by atoms with van der Waals surface area (Å²) in [7, 11) is 1.85. The summed E-state index contributed by atoms with van der Waals surface area (Å²) in [6.45, 7) is 3.69. The molecule has 6 nitrogen and oxygen atoms in total. The van der Waals surface area contributed by atoms with Crippen LogP contribution >= 0.6 is 0 Å². The van der Waals surface area contributed by atoms with Crippen molar-refractivity contribution < 1.29 is 9.59 Å². The maximum atomic E-state index is 12.9. The van der Waals surface area contributed by atoms with Gasteiger partial charge in [0.05, 0.1) is 18.5 Å². The number of carbonyl (C=O) groups excluding carboxylic acids is 2. The summed E-state index contributed by atoms with van der Waals surface area (Å²) in [4.78, 5) is 31.3. The number of aromatic amines is 1. The number of aromatic nitrogens is 1. The van der Waals surface area contributed by atoms with Gasteiger partial charge in [0.15, 0.2) is 0 Å². The highest BCUT2D eigenvalue weighted by atomic mass is 16.2. The van der Waals surface area contributed by atoms with Gasteiger partial charge in [-0.2, -0.15) is 0 Å². The van der Waals surface area contributed by atoms with Crippen molar-refractivity contribution in [1.29, 1.82) is 0 Å². The van der Waals surface area contributed by atoms with Crippen LogP contribution in [-0.2, 0) is 9.59 Å². The molecule has 0 saturated carbocycles. The number of primary amides is 1. The molecule has 3 rings (SSSR count). The van der Waals surface area contributed by atoms with E-state index in [1.807, 2.05) is 42.0 Å². The van der Waals surface area contributed by atoms with Crippen molar-refractivity contribution in [3.05, 3.63) is 36.0 Å². The summed E-state index contributed by atoms with van der Waals surface area (Å²) in [6, 6.07) is 10.2. The van der Waals surface area contributed by atoms with Gasteiger partial charge in [0, 0.05) is 24.8 Å². The lowest BCUT2D eigenvalue weighted by molar-refractivity contribution is -0.138. The van der Waals surface area contributed by atoms with E-state index < -0.39 is 0 Å². The van der Waals surface area contributed by atoms with Gasteiger partial charge in [0.1, 0.15) is 0 Å². The van der Waals surface area contributed by atoms with Crippen molar-refractivity contribution in [3.8, 4) is 0 Å². The molecule has 134 valence electrons. The molecule has 0 spiro atoms. The van der Waals surface area contributed by atoms with Gasteiger partial charge >= 0.3 is 0 Å². The minimum absolute atomic E-state index is 0.0357. The smallest absolute Gasteiger partial charge is 0.231 e. The SMILES string of the molecule is CC(c1cc2ccccc2[nH]1)N(C)C(=O)C1CCCN(CC(N)=O)C1. The van der Waals surface area contributed by atoms with Crippen LogP contribution in [0.15, 0.2) is 30.3 Å². The van der Waals surface area contributed by atoms with E-state index in [2.05, 4.69) is 17.1 Å². The standard InChI is InChI=1S/C19H26N4O2/c1-13(17-10-14-6-3-4-8-16(14)21-17)22(2)19(25)15-7-5-9-23(11-15)12-18(20)24/h3-4,6,8,10,13,15,21H,5,7,9,11-12H2,1-2H3,(H2,20,24). The summed E-state index contributed by atoms with van der Waals surface area (Å²) >= 11 is 0. The lowest BCUT2D eigenvalue weighted by Crippen LogP contribution is -2.46. The van der Waals surface area contributed by atoms with E-state index in [1.165, 1.54) is 0 Å². The Kier molecular flexibility index (Phi) is 5.08. The fraction of sp³-hybridized carbons (Fsp3) is 0.474. The van der Waals surface area contributed by atoms with Gasteiger partial charge in [0.2, 0.25) is 11.8 Å². The van der Waals surface area contributed by atoms with Crippen LogP contribution in [0, 0.1) is 5.92 Å². The highest BCUT2D eigenvalue weighted by Gasteiger charge is 2.30. The summed E-state index contributed by atoms with van der Waals surface area (Å²) in [5.74, 6) is -0.293. The number of H-pyrrole nitrogens is 1. The molecule has 1 aliphatic rings. The van der Waals surface area contributed by atoms with E-state index in [4.69, 9.17) is 5.73 Å². The first-order chi connectivity index (χ1) is 12.0.